The molecule has 82 valence electrons. The van der Waals surface area contributed by atoms with Crippen molar-refractivity contribution in [1.82, 2.24) is 0 Å². The average Bonchev–Trinajstić information content (AvgIpc) is 2.40. The maximum atomic E-state index is 5.54. The van der Waals surface area contributed by atoms with E-state index >= 15 is 0 Å². The van der Waals surface area contributed by atoms with Crippen molar-refractivity contribution in [3.63, 3.8) is 0 Å². The van der Waals surface area contributed by atoms with Gasteiger partial charge in [-0.2, -0.15) is 0 Å². The van der Waals surface area contributed by atoms with Crippen LogP contribution in [0, 0.1) is 17.8 Å². The second kappa shape index (κ2) is 4.48. The van der Waals surface area contributed by atoms with Crippen LogP contribution in [0.15, 0.2) is 11.1 Å². The molecule has 3 unspecified atom stereocenters. The summed E-state index contributed by atoms with van der Waals surface area (Å²) in [6.45, 7) is 11.5. The summed E-state index contributed by atoms with van der Waals surface area (Å²) in [4.78, 5) is 0. The van der Waals surface area contributed by atoms with Crippen molar-refractivity contribution in [2.75, 3.05) is 7.11 Å². The molecule has 0 spiro atoms. The third-order valence-corrected chi connectivity index (χ3v) is 3.80. The van der Waals surface area contributed by atoms with Gasteiger partial charge >= 0.3 is 0 Å². The first-order valence-electron chi connectivity index (χ1n) is 5.71. The lowest BCUT2D eigenvalue weighted by Crippen LogP contribution is -2.15. The van der Waals surface area contributed by atoms with Gasteiger partial charge in [-0.25, -0.2) is 0 Å². The van der Waals surface area contributed by atoms with E-state index < -0.39 is 0 Å². The van der Waals surface area contributed by atoms with Gasteiger partial charge in [-0.15, -0.1) is 0 Å². The fourth-order valence-corrected chi connectivity index (χ4v) is 2.58. The molecular weight excluding hydrogens is 172 g/mol. The highest BCUT2D eigenvalue weighted by molar-refractivity contribution is 5.26. The molecule has 1 nitrogen and oxygen atoms in total. The lowest BCUT2D eigenvalue weighted by Gasteiger charge is -2.18. The van der Waals surface area contributed by atoms with Gasteiger partial charge in [0.1, 0.15) is 0 Å². The monoisotopic (exact) mass is 196 g/mol. The highest BCUT2D eigenvalue weighted by Crippen LogP contribution is 2.39. The van der Waals surface area contributed by atoms with Gasteiger partial charge in [0.15, 0.2) is 0 Å². The van der Waals surface area contributed by atoms with E-state index in [9.17, 15) is 0 Å². The van der Waals surface area contributed by atoms with E-state index in [2.05, 4.69) is 34.6 Å². The van der Waals surface area contributed by atoms with Crippen LogP contribution in [-0.2, 0) is 4.74 Å². The molecule has 1 aliphatic rings. The molecule has 0 N–H and O–H groups in total. The third-order valence-electron chi connectivity index (χ3n) is 3.80. The molecule has 0 aliphatic heterocycles. The van der Waals surface area contributed by atoms with Crippen molar-refractivity contribution < 1.29 is 4.74 Å². The first kappa shape index (κ1) is 11.8. The first-order chi connectivity index (χ1) is 6.49. The Bertz CT molecular complexity index is 227. The number of methoxy groups -OCH3 is 1. The summed E-state index contributed by atoms with van der Waals surface area (Å²) in [5.74, 6) is 2.11. The fourth-order valence-electron chi connectivity index (χ4n) is 2.58. The van der Waals surface area contributed by atoms with Gasteiger partial charge in [0.2, 0.25) is 0 Å². The molecule has 3 atom stereocenters. The van der Waals surface area contributed by atoms with E-state index in [-0.39, 0.29) is 0 Å². The average molecular weight is 196 g/mol. The van der Waals surface area contributed by atoms with Crippen LogP contribution in [0.3, 0.4) is 0 Å². The van der Waals surface area contributed by atoms with Crippen molar-refractivity contribution >= 4 is 0 Å². The van der Waals surface area contributed by atoms with Gasteiger partial charge in [0.25, 0.3) is 0 Å². The van der Waals surface area contributed by atoms with Gasteiger partial charge in [0.05, 0.1) is 6.10 Å². The second-order valence-corrected chi connectivity index (χ2v) is 5.08. The standard InChI is InChI=1S/C13H24O/c1-8(2)10(4)12-7-9(3)13(14-6)11(12)5/h8-10,13H,7H2,1-6H3. The van der Waals surface area contributed by atoms with E-state index in [1.807, 2.05) is 7.11 Å². The molecule has 0 saturated carbocycles. The summed E-state index contributed by atoms with van der Waals surface area (Å²) in [5, 5.41) is 0. The van der Waals surface area contributed by atoms with Crippen molar-refractivity contribution in [2.24, 2.45) is 17.8 Å². The summed E-state index contributed by atoms with van der Waals surface area (Å²) in [6.07, 6.45) is 1.59. The van der Waals surface area contributed by atoms with Crippen molar-refractivity contribution in [1.29, 1.82) is 0 Å². The lowest BCUT2D eigenvalue weighted by molar-refractivity contribution is 0.0977. The zero-order valence-corrected chi connectivity index (χ0v) is 10.4. The molecule has 0 heterocycles. The third kappa shape index (κ3) is 2.03. The Morgan fingerprint density at radius 3 is 2.21 bits per heavy atom. The minimum atomic E-state index is 0.367. The predicted octanol–water partition coefficient (Wildman–Crippen LogP) is 3.65. The largest absolute Gasteiger partial charge is 0.377 e. The Morgan fingerprint density at radius 2 is 1.86 bits per heavy atom. The molecule has 0 radical (unpaired) electrons. The lowest BCUT2D eigenvalue weighted by atomic mass is 9.87. The van der Waals surface area contributed by atoms with Crippen LogP contribution >= 0.6 is 0 Å². The topological polar surface area (TPSA) is 9.23 Å². The SMILES string of the molecule is COC1C(C)=C(C(C)C(C)C)CC1C. The minimum Gasteiger partial charge on any atom is -0.377 e. The number of rotatable bonds is 3. The Balaban J connectivity index is 2.84. The molecule has 0 bridgehead atoms. The highest BCUT2D eigenvalue weighted by atomic mass is 16.5. The molecule has 0 aromatic heterocycles. The summed E-state index contributed by atoms with van der Waals surface area (Å²) < 4.78 is 5.54. The number of ether oxygens (including phenoxy) is 1. The van der Waals surface area contributed by atoms with E-state index in [4.69, 9.17) is 4.74 Å². The zero-order valence-electron chi connectivity index (χ0n) is 10.4. The number of hydrogen-bond acceptors (Lipinski definition) is 1. The number of allylic oxidation sites excluding steroid dienone is 1. The highest BCUT2D eigenvalue weighted by Gasteiger charge is 2.31. The quantitative estimate of drug-likeness (QED) is 0.626. The molecule has 1 heteroatoms. The molecule has 1 rings (SSSR count). The van der Waals surface area contributed by atoms with Crippen LogP contribution in [-0.4, -0.2) is 13.2 Å². The van der Waals surface area contributed by atoms with Crippen molar-refractivity contribution in [3.05, 3.63) is 11.1 Å². The van der Waals surface area contributed by atoms with Crippen molar-refractivity contribution in [3.8, 4) is 0 Å². The van der Waals surface area contributed by atoms with Gasteiger partial charge in [-0.3, -0.25) is 0 Å². The molecule has 1 aliphatic carbocycles. The van der Waals surface area contributed by atoms with Crippen LogP contribution in [0.2, 0.25) is 0 Å². The molecule has 0 fully saturated rings. The van der Waals surface area contributed by atoms with E-state index in [0.717, 1.165) is 5.92 Å². The minimum absolute atomic E-state index is 0.367. The molecule has 0 amide bonds. The van der Waals surface area contributed by atoms with Gasteiger partial charge in [-0.05, 0) is 36.7 Å². The van der Waals surface area contributed by atoms with Gasteiger partial charge in [0, 0.05) is 7.11 Å². The molecule has 0 aromatic carbocycles. The molecule has 0 aromatic rings. The Hall–Kier alpha value is -0.300. The molecule has 14 heavy (non-hydrogen) atoms. The van der Waals surface area contributed by atoms with E-state index in [1.54, 1.807) is 5.57 Å². The maximum Gasteiger partial charge on any atom is 0.0809 e. The van der Waals surface area contributed by atoms with Gasteiger partial charge < -0.3 is 4.74 Å². The fraction of sp³-hybridized carbons (Fsp3) is 0.846. The van der Waals surface area contributed by atoms with Crippen LogP contribution in [0.25, 0.3) is 0 Å². The maximum absolute atomic E-state index is 5.54. The summed E-state index contributed by atoms with van der Waals surface area (Å²) >= 11 is 0. The zero-order chi connectivity index (χ0) is 10.9. The Kier molecular flexibility index (Phi) is 3.77. The molecule has 0 saturated heterocycles. The van der Waals surface area contributed by atoms with Crippen LogP contribution < -0.4 is 0 Å². The summed E-state index contributed by atoms with van der Waals surface area (Å²) in [6, 6.07) is 0. The van der Waals surface area contributed by atoms with Crippen molar-refractivity contribution in [2.45, 2.75) is 47.1 Å². The smallest absolute Gasteiger partial charge is 0.0809 e. The van der Waals surface area contributed by atoms with Crippen LogP contribution in [0.4, 0.5) is 0 Å². The number of hydrogen-bond donors (Lipinski definition) is 0. The van der Waals surface area contributed by atoms with Crippen LogP contribution in [0.5, 0.6) is 0 Å². The predicted molar refractivity (Wildman–Crippen MR) is 61.3 cm³/mol. The van der Waals surface area contributed by atoms with E-state index in [1.165, 1.54) is 12.0 Å². The second-order valence-electron chi connectivity index (χ2n) is 5.08. The molecular formula is C13H24O. The van der Waals surface area contributed by atoms with Gasteiger partial charge in [-0.1, -0.05) is 33.3 Å². The Morgan fingerprint density at radius 1 is 1.29 bits per heavy atom. The normalized spacial score (nSPS) is 30.2. The summed E-state index contributed by atoms with van der Waals surface area (Å²) in [5.41, 5.74) is 3.13. The van der Waals surface area contributed by atoms with Crippen LogP contribution in [0.1, 0.15) is 41.0 Å². The Labute approximate surface area is 88.5 Å². The first-order valence-corrected chi connectivity index (χ1v) is 5.71. The van der Waals surface area contributed by atoms with E-state index in [0.29, 0.717) is 17.9 Å². The summed E-state index contributed by atoms with van der Waals surface area (Å²) in [7, 11) is 1.83.